The zero-order valence-electron chi connectivity index (χ0n) is 15.3. The SMILES string of the molecule is C#CCC(O[Si](C)(C)C(C)(C)C)c1cc(C)cc(OC(C)=O)c1. The molecule has 0 fully saturated rings. The molecule has 4 heteroatoms. The lowest BCUT2D eigenvalue weighted by Crippen LogP contribution is -2.41. The van der Waals surface area contributed by atoms with Crippen molar-refractivity contribution in [3.8, 4) is 18.1 Å². The van der Waals surface area contributed by atoms with Crippen LogP contribution in [0.25, 0.3) is 0 Å². The average Bonchev–Trinajstić information content (AvgIpc) is 2.35. The number of esters is 1. The Kier molecular flexibility index (Phi) is 6.21. The Labute approximate surface area is 141 Å². The Hall–Kier alpha value is -1.57. The molecular formula is C19H28O3Si. The number of terminal acetylenes is 1. The maximum atomic E-state index is 11.2. The second-order valence-electron chi connectivity index (χ2n) is 7.45. The first-order valence-electron chi connectivity index (χ1n) is 7.87. The molecule has 1 unspecified atom stereocenters. The first-order valence-corrected chi connectivity index (χ1v) is 10.8. The van der Waals surface area contributed by atoms with Gasteiger partial charge in [0.1, 0.15) is 5.75 Å². The molecule has 0 amide bonds. The lowest BCUT2D eigenvalue weighted by Gasteiger charge is -2.39. The van der Waals surface area contributed by atoms with E-state index in [1.807, 2.05) is 25.1 Å². The van der Waals surface area contributed by atoms with Crippen LogP contribution in [0.5, 0.6) is 5.75 Å². The first kappa shape index (κ1) is 19.5. The van der Waals surface area contributed by atoms with Crippen LogP contribution in [-0.2, 0) is 9.22 Å². The Morgan fingerprint density at radius 3 is 2.39 bits per heavy atom. The first-order chi connectivity index (χ1) is 10.5. The van der Waals surface area contributed by atoms with Gasteiger partial charge in [0, 0.05) is 13.3 Å². The predicted molar refractivity (Wildman–Crippen MR) is 97.0 cm³/mol. The lowest BCUT2D eigenvalue weighted by molar-refractivity contribution is -0.131. The van der Waals surface area contributed by atoms with E-state index in [-0.39, 0.29) is 17.1 Å². The van der Waals surface area contributed by atoms with Gasteiger partial charge in [-0.25, -0.2) is 0 Å². The van der Waals surface area contributed by atoms with E-state index < -0.39 is 8.32 Å². The highest BCUT2D eigenvalue weighted by molar-refractivity contribution is 6.74. The van der Waals surface area contributed by atoms with E-state index in [4.69, 9.17) is 15.6 Å². The van der Waals surface area contributed by atoms with Gasteiger partial charge in [-0.2, -0.15) is 0 Å². The quantitative estimate of drug-likeness (QED) is 0.329. The van der Waals surface area contributed by atoms with Gasteiger partial charge in [-0.1, -0.05) is 26.8 Å². The fourth-order valence-electron chi connectivity index (χ4n) is 2.05. The van der Waals surface area contributed by atoms with E-state index in [1.165, 1.54) is 6.92 Å². The number of carbonyl (C=O) groups excluding carboxylic acids is 1. The number of ether oxygens (including phenoxy) is 1. The molecule has 0 saturated carbocycles. The summed E-state index contributed by atoms with van der Waals surface area (Å²) in [7, 11) is -1.96. The summed E-state index contributed by atoms with van der Waals surface area (Å²) in [6.07, 6.45) is 5.86. The maximum Gasteiger partial charge on any atom is 0.308 e. The molecule has 0 N–H and O–H groups in total. The number of rotatable bonds is 5. The van der Waals surface area contributed by atoms with Gasteiger partial charge in [-0.05, 0) is 48.3 Å². The molecule has 1 rings (SSSR count). The molecule has 126 valence electrons. The van der Waals surface area contributed by atoms with Crippen LogP contribution < -0.4 is 4.74 Å². The minimum absolute atomic E-state index is 0.0996. The van der Waals surface area contributed by atoms with E-state index in [2.05, 4.69) is 39.8 Å². The minimum Gasteiger partial charge on any atom is -0.427 e. The summed E-state index contributed by atoms with van der Waals surface area (Å²) >= 11 is 0. The zero-order valence-corrected chi connectivity index (χ0v) is 16.3. The van der Waals surface area contributed by atoms with Crippen molar-refractivity contribution >= 4 is 14.3 Å². The predicted octanol–water partition coefficient (Wildman–Crippen LogP) is 5.01. The molecule has 0 bridgehead atoms. The fraction of sp³-hybridized carbons (Fsp3) is 0.526. The topological polar surface area (TPSA) is 35.5 Å². The Bertz CT molecular complexity index is 606. The van der Waals surface area contributed by atoms with Crippen LogP contribution in [0.15, 0.2) is 18.2 Å². The third-order valence-electron chi connectivity index (χ3n) is 4.25. The molecule has 0 saturated heterocycles. The van der Waals surface area contributed by atoms with Crippen molar-refractivity contribution < 1.29 is 14.0 Å². The normalized spacial score (nSPS) is 13.3. The molecule has 0 radical (unpaired) electrons. The van der Waals surface area contributed by atoms with E-state index in [1.54, 1.807) is 0 Å². The molecule has 1 atom stereocenters. The zero-order chi connectivity index (χ0) is 17.8. The van der Waals surface area contributed by atoms with E-state index in [0.29, 0.717) is 12.2 Å². The van der Waals surface area contributed by atoms with Gasteiger partial charge < -0.3 is 9.16 Å². The standard InChI is InChI=1S/C19H28O3Si/c1-9-10-18(22-23(7,8)19(4,5)6)16-11-14(2)12-17(13-16)21-15(3)20/h1,11-13,18H,10H2,2-8H3. The van der Waals surface area contributed by atoms with Crippen LogP contribution in [0.3, 0.4) is 0 Å². The molecule has 23 heavy (non-hydrogen) atoms. The van der Waals surface area contributed by atoms with E-state index in [0.717, 1.165) is 11.1 Å². The molecular weight excluding hydrogens is 304 g/mol. The molecule has 0 aromatic heterocycles. The summed E-state index contributed by atoms with van der Waals surface area (Å²) in [4.78, 5) is 11.2. The van der Waals surface area contributed by atoms with Crippen LogP contribution in [0, 0.1) is 19.3 Å². The van der Waals surface area contributed by atoms with Crippen molar-refractivity contribution in [3.05, 3.63) is 29.3 Å². The van der Waals surface area contributed by atoms with Crippen LogP contribution in [-0.4, -0.2) is 14.3 Å². The molecule has 0 aliphatic rings. The molecule has 1 aromatic carbocycles. The summed E-state index contributed by atoms with van der Waals surface area (Å²) in [5.41, 5.74) is 1.98. The van der Waals surface area contributed by atoms with Crippen LogP contribution in [0.1, 0.15) is 51.3 Å². The van der Waals surface area contributed by atoms with Gasteiger partial charge in [-0.3, -0.25) is 4.79 Å². The van der Waals surface area contributed by atoms with Gasteiger partial charge in [0.2, 0.25) is 0 Å². The lowest BCUT2D eigenvalue weighted by atomic mass is 10.0. The van der Waals surface area contributed by atoms with Crippen molar-refractivity contribution in [2.24, 2.45) is 0 Å². The van der Waals surface area contributed by atoms with E-state index >= 15 is 0 Å². The molecule has 0 heterocycles. The highest BCUT2D eigenvalue weighted by Crippen LogP contribution is 2.41. The molecule has 3 nitrogen and oxygen atoms in total. The third-order valence-corrected chi connectivity index (χ3v) is 8.74. The maximum absolute atomic E-state index is 11.2. The van der Waals surface area contributed by atoms with Crippen molar-refractivity contribution in [3.63, 3.8) is 0 Å². The summed E-state index contributed by atoms with van der Waals surface area (Å²) in [6, 6.07) is 5.73. The molecule has 0 aliphatic heterocycles. The van der Waals surface area contributed by atoms with Crippen LogP contribution >= 0.6 is 0 Å². The summed E-state index contributed by atoms with van der Waals surface area (Å²) < 4.78 is 11.7. The summed E-state index contributed by atoms with van der Waals surface area (Å²) in [6.45, 7) is 14.4. The van der Waals surface area contributed by atoms with Gasteiger partial charge in [0.25, 0.3) is 0 Å². The molecule has 1 aromatic rings. The Morgan fingerprint density at radius 1 is 1.30 bits per heavy atom. The second-order valence-corrected chi connectivity index (χ2v) is 12.2. The van der Waals surface area contributed by atoms with Gasteiger partial charge >= 0.3 is 5.97 Å². The van der Waals surface area contributed by atoms with Crippen molar-refractivity contribution in [1.29, 1.82) is 0 Å². The van der Waals surface area contributed by atoms with Crippen molar-refractivity contribution in [2.45, 2.75) is 65.3 Å². The molecule has 0 spiro atoms. The van der Waals surface area contributed by atoms with Gasteiger partial charge in [0.15, 0.2) is 8.32 Å². The van der Waals surface area contributed by atoms with Gasteiger partial charge in [0.05, 0.1) is 6.10 Å². The second kappa shape index (κ2) is 7.33. The number of carbonyl (C=O) groups is 1. The van der Waals surface area contributed by atoms with E-state index in [9.17, 15) is 4.79 Å². The van der Waals surface area contributed by atoms with Crippen LogP contribution in [0.2, 0.25) is 18.1 Å². The minimum atomic E-state index is -1.96. The largest absolute Gasteiger partial charge is 0.427 e. The smallest absolute Gasteiger partial charge is 0.308 e. The highest BCUT2D eigenvalue weighted by Gasteiger charge is 2.39. The number of aryl methyl sites for hydroxylation is 1. The van der Waals surface area contributed by atoms with Crippen molar-refractivity contribution in [2.75, 3.05) is 0 Å². The Morgan fingerprint density at radius 2 is 1.91 bits per heavy atom. The highest BCUT2D eigenvalue weighted by atomic mass is 28.4. The number of hydrogen-bond acceptors (Lipinski definition) is 3. The van der Waals surface area contributed by atoms with Gasteiger partial charge in [-0.15, -0.1) is 12.3 Å². The third kappa shape index (κ3) is 5.53. The Balaban J connectivity index is 3.18. The van der Waals surface area contributed by atoms with Crippen molar-refractivity contribution in [1.82, 2.24) is 0 Å². The number of benzene rings is 1. The fourth-order valence-corrected chi connectivity index (χ4v) is 3.34. The number of hydrogen-bond donors (Lipinski definition) is 0. The average molecular weight is 333 g/mol. The summed E-state index contributed by atoms with van der Waals surface area (Å²) in [5, 5.41) is 0.0996. The van der Waals surface area contributed by atoms with Crippen LogP contribution in [0.4, 0.5) is 0 Å². The summed E-state index contributed by atoms with van der Waals surface area (Å²) in [5.74, 6) is 2.91. The molecule has 0 aliphatic carbocycles. The monoisotopic (exact) mass is 332 g/mol.